The van der Waals surface area contributed by atoms with Crippen LogP contribution in [0.5, 0.6) is 5.75 Å². The summed E-state index contributed by atoms with van der Waals surface area (Å²) in [4.78, 5) is 25.7. The number of hydrogen-bond acceptors (Lipinski definition) is 3. The second-order valence-corrected chi connectivity index (χ2v) is 6.19. The zero-order chi connectivity index (χ0) is 14.3. The van der Waals surface area contributed by atoms with Crippen LogP contribution in [0.3, 0.4) is 0 Å². The highest BCUT2D eigenvalue weighted by Gasteiger charge is 2.32. The molecular formula is C15H18N2O3. The predicted octanol–water partition coefficient (Wildman–Crippen LogP) is 1.89. The van der Waals surface area contributed by atoms with Crippen molar-refractivity contribution in [2.24, 2.45) is 5.41 Å². The number of hydrogen-bond donors (Lipinski definition) is 1. The Balaban J connectivity index is 1.82. The Bertz CT molecular complexity index is 580. The van der Waals surface area contributed by atoms with E-state index in [1.165, 1.54) is 0 Å². The number of carbonyl (C=O) groups excluding carboxylic acids is 2. The molecule has 1 N–H and O–H groups in total. The van der Waals surface area contributed by atoms with Crippen LogP contribution in [0.15, 0.2) is 18.2 Å². The number of rotatable bonds is 1. The summed E-state index contributed by atoms with van der Waals surface area (Å²) in [5.41, 5.74) is 1.35. The zero-order valence-electron chi connectivity index (χ0n) is 11.7. The molecule has 3 rings (SSSR count). The molecule has 0 radical (unpaired) electrons. The van der Waals surface area contributed by atoms with Crippen LogP contribution in [0, 0.1) is 5.41 Å². The fraction of sp³-hybridized carbons (Fsp3) is 0.467. The van der Waals surface area contributed by atoms with Gasteiger partial charge in [0.05, 0.1) is 5.69 Å². The lowest BCUT2D eigenvalue weighted by Crippen LogP contribution is -2.31. The van der Waals surface area contributed by atoms with Crippen LogP contribution in [0.1, 0.15) is 30.6 Å². The standard InChI is InChI=1S/C15H18N2O3/c1-15(2)5-6-17(9-15)14(19)10-3-4-12-11(7-10)16-13(18)8-20-12/h3-4,7H,5-6,8-9H2,1-2H3,(H,16,18). The Labute approximate surface area is 117 Å². The third kappa shape index (κ3) is 2.35. The SMILES string of the molecule is CC1(C)CCN(C(=O)c2ccc3c(c2)NC(=O)CO3)C1. The van der Waals surface area contributed by atoms with Crippen molar-refractivity contribution in [1.82, 2.24) is 4.90 Å². The second kappa shape index (κ2) is 4.51. The van der Waals surface area contributed by atoms with E-state index in [1.807, 2.05) is 4.90 Å². The number of fused-ring (bicyclic) bond motifs is 1. The first kappa shape index (κ1) is 13.0. The Morgan fingerprint density at radius 1 is 1.40 bits per heavy atom. The monoisotopic (exact) mass is 274 g/mol. The molecule has 2 aliphatic rings. The van der Waals surface area contributed by atoms with Gasteiger partial charge in [-0.25, -0.2) is 0 Å². The fourth-order valence-corrected chi connectivity index (χ4v) is 2.68. The summed E-state index contributed by atoms with van der Waals surface area (Å²) in [6.45, 7) is 5.92. The fourth-order valence-electron chi connectivity index (χ4n) is 2.68. The number of amides is 2. The minimum Gasteiger partial charge on any atom is -0.482 e. The van der Waals surface area contributed by atoms with Gasteiger partial charge in [-0.2, -0.15) is 0 Å². The predicted molar refractivity (Wildman–Crippen MR) is 74.9 cm³/mol. The molecule has 2 amide bonds. The molecule has 0 aromatic heterocycles. The van der Waals surface area contributed by atoms with E-state index in [2.05, 4.69) is 19.2 Å². The van der Waals surface area contributed by atoms with Crippen molar-refractivity contribution < 1.29 is 14.3 Å². The number of carbonyl (C=O) groups is 2. The van der Waals surface area contributed by atoms with E-state index in [0.29, 0.717) is 17.0 Å². The lowest BCUT2D eigenvalue weighted by atomic mass is 9.93. The maximum absolute atomic E-state index is 12.5. The quantitative estimate of drug-likeness (QED) is 0.850. The van der Waals surface area contributed by atoms with E-state index in [4.69, 9.17) is 4.74 Å². The lowest BCUT2D eigenvalue weighted by molar-refractivity contribution is -0.118. The van der Waals surface area contributed by atoms with Crippen molar-refractivity contribution in [3.8, 4) is 5.75 Å². The Morgan fingerprint density at radius 3 is 2.90 bits per heavy atom. The van der Waals surface area contributed by atoms with Gasteiger partial charge >= 0.3 is 0 Å². The Kier molecular flexibility index (Phi) is 2.92. The van der Waals surface area contributed by atoms with Crippen molar-refractivity contribution in [2.75, 3.05) is 25.0 Å². The maximum Gasteiger partial charge on any atom is 0.262 e. The summed E-state index contributed by atoms with van der Waals surface area (Å²) in [6.07, 6.45) is 1.02. The molecule has 5 nitrogen and oxygen atoms in total. The van der Waals surface area contributed by atoms with Gasteiger partial charge in [-0.15, -0.1) is 0 Å². The van der Waals surface area contributed by atoms with Gasteiger partial charge in [-0.05, 0) is 30.0 Å². The van der Waals surface area contributed by atoms with Gasteiger partial charge in [-0.3, -0.25) is 9.59 Å². The van der Waals surface area contributed by atoms with Crippen LogP contribution in [-0.2, 0) is 4.79 Å². The summed E-state index contributed by atoms with van der Waals surface area (Å²) in [5.74, 6) is 0.436. The average molecular weight is 274 g/mol. The Hall–Kier alpha value is -2.04. The van der Waals surface area contributed by atoms with Crippen molar-refractivity contribution in [2.45, 2.75) is 20.3 Å². The summed E-state index contributed by atoms with van der Waals surface area (Å²) >= 11 is 0. The third-order valence-electron chi connectivity index (χ3n) is 3.82. The van der Waals surface area contributed by atoms with Gasteiger partial charge in [0.15, 0.2) is 6.61 Å². The first-order valence-corrected chi connectivity index (χ1v) is 6.81. The molecule has 106 valence electrons. The molecule has 1 aromatic rings. The molecule has 1 saturated heterocycles. The molecule has 5 heteroatoms. The molecule has 0 spiro atoms. The van der Waals surface area contributed by atoms with Crippen LogP contribution < -0.4 is 10.1 Å². The van der Waals surface area contributed by atoms with E-state index in [9.17, 15) is 9.59 Å². The Morgan fingerprint density at radius 2 is 2.20 bits per heavy atom. The molecule has 2 heterocycles. The number of anilines is 1. The van der Waals surface area contributed by atoms with Gasteiger partial charge in [0.25, 0.3) is 11.8 Å². The van der Waals surface area contributed by atoms with Gasteiger partial charge in [-0.1, -0.05) is 13.8 Å². The van der Waals surface area contributed by atoms with E-state index in [-0.39, 0.29) is 23.8 Å². The molecule has 1 fully saturated rings. The maximum atomic E-state index is 12.5. The third-order valence-corrected chi connectivity index (χ3v) is 3.82. The van der Waals surface area contributed by atoms with Crippen LogP contribution in [0.25, 0.3) is 0 Å². The first-order valence-electron chi connectivity index (χ1n) is 6.81. The number of ether oxygens (including phenoxy) is 1. The molecule has 0 saturated carbocycles. The molecule has 0 unspecified atom stereocenters. The van der Waals surface area contributed by atoms with Gasteiger partial charge in [0.1, 0.15) is 5.75 Å². The molecule has 1 aromatic carbocycles. The average Bonchev–Trinajstić information content (AvgIpc) is 2.77. The summed E-state index contributed by atoms with van der Waals surface area (Å²) in [6, 6.07) is 5.19. The van der Waals surface area contributed by atoms with Crippen LogP contribution in [-0.4, -0.2) is 36.4 Å². The van der Waals surface area contributed by atoms with Gasteiger partial charge in [0.2, 0.25) is 0 Å². The second-order valence-electron chi connectivity index (χ2n) is 6.19. The molecule has 0 aliphatic carbocycles. The van der Waals surface area contributed by atoms with Crippen molar-refractivity contribution in [3.05, 3.63) is 23.8 Å². The summed E-state index contributed by atoms with van der Waals surface area (Å²) in [7, 11) is 0. The molecular weight excluding hydrogens is 256 g/mol. The first-order chi connectivity index (χ1) is 9.44. The van der Waals surface area contributed by atoms with E-state index < -0.39 is 0 Å². The van der Waals surface area contributed by atoms with E-state index in [0.717, 1.165) is 19.5 Å². The largest absolute Gasteiger partial charge is 0.482 e. The van der Waals surface area contributed by atoms with Crippen molar-refractivity contribution in [1.29, 1.82) is 0 Å². The van der Waals surface area contributed by atoms with E-state index >= 15 is 0 Å². The van der Waals surface area contributed by atoms with Gasteiger partial charge in [0, 0.05) is 18.7 Å². The minimum atomic E-state index is -0.190. The minimum absolute atomic E-state index is 0.0122. The van der Waals surface area contributed by atoms with Crippen LogP contribution in [0.4, 0.5) is 5.69 Å². The number of nitrogens with one attached hydrogen (secondary N) is 1. The number of benzene rings is 1. The highest BCUT2D eigenvalue weighted by Crippen LogP contribution is 2.32. The molecule has 0 atom stereocenters. The normalized spacial score (nSPS) is 20.1. The number of nitrogens with zero attached hydrogens (tertiary/aromatic N) is 1. The zero-order valence-corrected chi connectivity index (χ0v) is 11.7. The van der Waals surface area contributed by atoms with Gasteiger partial charge < -0.3 is 15.0 Å². The highest BCUT2D eigenvalue weighted by molar-refractivity contribution is 5.99. The number of likely N-dealkylation sites (tertiary alicyclic amines) is 1. The van der Waals surface area contributed by atoms with Crippen molar-refractivity contribution >= 4 is 17.5 Å². The van der Waals surface area contributed by atoms with Crippen molar-refractivity contribution in [3.63, 3.8) is 0 Å². The molecule has 20 heavy (non-hydrogen) atoms. The topological polar surface area (TPSA) is 58.6 Å². The van der Waals surface area contributed by atoms with Crippen LogP contribution >= 0.6 is 0 Å². The highest BCUT2D eigenvalue weighted by atomic mass is 16.5. The molecule has 2 aliphatic heterocycles. The lowest BCUT2D eigenvalue weighted by Gasteiger charge is -2.22. The smallest absolute Gasteiger partial charge is 0.262 e. The van der Waals surface area contributed by atoms with E-state index in [1.54, 1.807) is 18.2 Å². The summed E-state index contributed by atoms with van der Waals surface area (Å²) in [5, 5.41) is 2.73. The summed E-state index contributed by atoms with van der Waals surface area (Å²) < 4.78 is 5.29. The van der Waals surface area contributed by atoms with Crippen LogP contribution in [0.2, 0.25) is 0 Å². The molecule has 0 bridgehead atoms.